The average molecular weight is 522 g/mol. The minimum atomic E-state index is 0.778. The number of aromatic nitrogens is 1. The molecule has 3 aromatic rings. The molecule has 0 aliphatic carbocycles. The summed E-state index contributed by atoms with van der Waals surface area (Å²) in [7, 11) is 3.93. The highest BCUT2D eigenvalue weighted by molar-refractivity contribution is 7.15. The van der Waals surface area contributed by atoms with Crippen LogP contribution in [0.25, 0.3) is 0 Å². The first-order valence-electron chi connectivity index (χ1n) is 13.2. The summed E-state index contributed by atoms with van der Waals surface area (Å²) in [6, 6.07) is 17.4. The topological polar surface area (TPSA) is 44.3 Å². The molecular formula is C29H39N5O2S. The number of aryl methyl sites for hydroxylation is 1. The summed E-state index contributed by atoms with van der Waals surface area (Å²) in [5, 5.41) is 1.08. The molecule has 0 N–H and O–H groups in total. The van der Waals surface area contributed by atoms with Crippen LogP contribution < -0.4 is 14.5 Å². The molecule has 7 nitrogen and oxygen atoms in total. The molecule has 3 heterocycles. The lowest BCUT2D eigenvalue weighted by atomic mass is 10.1. The number of anilines is 2. The second kappa shape index (κ2) is 12.3. The molecule has 0 atom stereocenters. The maximum absolute atomic E-state index is 5.54. The van der Waals surface area contributed by atoms with Crippen molar-refractivity contribution in [2.75, 3.05) is 76.4 Å². The molecule has 2 aliphatic heterocycles. The van der Waals surface area contributed by atoms with E-state index < -0.39 is 0 Å². The van der Waals surface area contributed by atoms with Crippen molar-refractivity contribution in [3.63, 3.8) is 0 Å². The number of piperazine rings is 1. The van der Waals surface area contributed by atoms with Gasteiger partial charge in [-0.05, 0) is 49.4 Å². The van der Waals surface area contributed by atoms with E-state index in [0.29, 0.717) is 0 Å². The van der Waals surface area contributed by atoms with Crippen molar-refractivity contribution in [1.29, 1.82) is 0 Å². The van der Waals surface area contributed by atoms with Crippen LogP contribution in [0.15, 0.2) is 48.5 Å². The Labute approximate surface area is 225 Å². The number of hydrogen-bond donors (Lipinski definition) is 0. The zero-order valence-corrected chi connectivity index (χ0v) is 23.2. The minimum absolute atomic E-state index is 0.778. The van der Waals surface area contributed by atoms with E-state index in [0.717, 1.165) is 88.7 Å². The second-order valence-corrected chi connectivity index (χ2v) is 11.1. The predicted octanol–water partition coefficient (Wildman–Crippen LogP) is 4.25. The van der Waals surface area contributed by atoms with Crippen LogP contribution in [-0.4, -0.2) is 81.4 Å². The molecular weight excluding hydrogens is 482 g/mol. The number of methoxy groups -OCH3 is 1. The molecule has 2 fully saturated rings. The highest BCUT2D eigenvalue weighted by Gasteiger charge is 2.20. The van der Waals surface area contributed by atoms with Crippen molar-refractivity contribution < 1.29 is 9.47 Å². The molecule has 0 unspecified atom stereocenters. The largest absolute Gasteiger partial charge is 0.497 e. The fourth-order valence-electron chi connectivity index (χ4n) is 4.98. The highest BCUT2D eigenvalue weighted by atomic mass is 32.1. The van der Waals surface area contributed by atoms with E-state index in [-0.39, 0.29) is 0 Å². The summed E-state index contributed by atoms with van der Waals surface area (Å²) in [5.41, 5.74) is 4.97. The van der Waals surface area contributed by atoms with Gasteiger partial charge in [0.2, 0.25) is 0 Å². The molecule has 1 aromatic heterocycles. The van der Waals surface area contributed by atoms with Gasteiger partial charge in [0.25, 0.3) is 0 Å². The molecule has 0 spiro atoms. The van der Waals surface area contributed by atoms with Crippen LogP contribution in [0.3, 0.4) is 0 Å². The van der Waals surface area contributed by atoms with E-state index in [1.54, 1.807) is 7.11 Å². The van der Waals surface area contributed by atoms with Crippen LogP contribution in [0, 0.1) is 6.92 Å². The Bertz CT molecular complexity index is 1150. The number of morpholine rings is 1. The monoisotopic (exact) mass is 521 g/mol. The average Bonchev–Trinajstić information content (AvgIpc) is 3.29. The van der Waals surface area contributed by atoms with Crippen molar-refractivity contribution in [2.45, 2.75) is 26.6 Å². The Balaban J connectivity index is 1.38. The quantitative estimate of drug-likeness (QED) is 0.417. The van der Waals surface area contributed by atoms with Gasteiger partial charge in [0.05, 0.1) is 26.0 Å². The molecule has 5 rings (SSSR count). The zero-order valence-electron chi connectivity index (χ0n) is 22.4. The lowest BCUT2D eigenvalue weighted by molar-refractivity contribution is 0.0345. The molecule has 0 radical (unpaired) electrons. The van der Waals surface area contributed by atoms with Crippen molar-refractivity contribution >= 4 is 22.2 Å². The van der Waals surface area contributed by atoms with Gasteiger partial charge in [-0.2, -0.15) is 0 Å². The molecule has 198 valence electrons. The van der Waals surface area contributed by atoms with E-state index in [4.69, 9.17) is 14.5 Å². The van der Waals surface area contributed by atoms with Crippen LogP contribution in [0.4, 0.5) is 10.8 Å². The normalized spacial score (nSPS) is 17.2. The Morgan fingerprint density at radius 3 is 2.38 bits per heavy atom. The smallest absolute Gasteiger partial charge is 0.186 e. The van der Waals surface area contributed by atoms with Gasteiger partial charge >= 0.3 is 0 Å². The Morgan fingerprint density at radius 2 is 1.65 bits per heavy atom. The number of ether oxygens (including phenoxy) is 2. The van der Waals surface area contributed by atoms with Gasteiger partial charge in [0, 0.05) is 69.5 Å². The standard InChI is InChI=1S/C29H39N5O2S/c1-23-28(22-32-14-16-36-17-15-32)37-29(30-23)34(21-25-7-5-9-27(19-25)35-3)20-24-6-4-8-26(18-24)33-12-10-31(2)11-13-33/h4-9,18-19H,10-17,20-22H2,1-3H3. The zero-order chi connectivity index (χ0) is 25.6. The van der Waals surface area contributed by atoms with Gasteiger partial charge in [-0.3, -0.25) is 4.90 Å². The van der Waals surface area contributed by atoms with Gasteiger partial charge in [0.1, 0.15) is 5.75 Å². The van der Waals surface area contributed by atoms with Gasteiger partial charge in [-0.1, -0.05) is 24.3 Å². The van der Waals surface area contributed by atoms with E-state index in [2.05, 4.69) is 76.0 Å². The summed E-state index contributed by atoms with van der Waals surface area (Å²) in [6.45, 7) is 12.6. The lowest BCUT2D eigenvalue weighted by Gasteiger charge is -2.34. The Morgan fingerprint density at radius 1 is 0.946 bits per heavy atom. The number of thiazole rings is 1. The summed E-state index contributed by atoms with van der Waals surface area (Å²) in [6.07, 6.45) is 0. The first kappa shape index (κ1) is 26.0. The van der Waals surface area contributed by atoms with Gasteiger partial charge < -0.3 is 24.2 Å². The van der Waals surface area contributed by atoms with Crippen molar-refractivity contribution in [3.05, 3.63) is 70.2 Å². The van der Waals surface area contributed by atoms with Crippen molar-refractivity contribution in [3.8, 4) is 5.75 Å². The predicted molar refractivity (Wildman–Crippen MR) is 152 cm³/mol. The molecule has 2 aromatic carbocycles. The SMILES string of the molecule is COc1cccc(CN(Cc2cccc(N3CCN(C)CC3)c2)c2nc(C)c(CN3CCOCC3)s2)c1. The van der Waals surface area contributed by atoms with Gasteiger partial charge in [-0.25, -0.2) is 4.98 Å². The minimum Gasteiger partial charge on any atom is -0.497 e. The van der Waals surface area contributed by atoms with E-state index in [1.165, 1.54) is 21.7 Å². The Hall–Kier alpha value is -2.65. The van der Waals surface area contributed by atoms with E-state index >= 15 is 0 Å². The number of nitrogens with zero attached hydrogens (tertiary/aromatic N) is 5. The first-order valence-corrected chi connectivity index (χ1v) is 14.1. The number of benzene rings is 2. The van der Waals surface area contributed by atoms with Crippen LogP contribution in [0.2, 0.25) is 0 Å². The van der Waals surface area contributed by atoms with E-state index in [9.17, 15) is 0 Å². The van der Waals surface area contributed by atoms with E-state index in [1.807, 2.05) is 17.4 Å². The third-order valence-electron chi connectivity index (χ3n) is 7.28. The number of likely N-dealkylation sites (N-methyl/N-ethyl adjacent to an activating group) is 1. The molecule has 0 saturated carbocycles. The van der Waals surface area contributed by atoms with Crippen LogP contribution in [-0.2, 0) is 24.4 Å². The van der Waals surface area contributed by atoms with Crippen LogP contribution in [0.5, 0.6) is 5.75 Å². The summed E-state index contributed by atoms with van der Waals surface area (Å²) in [4.78, 5) is 16.2. The fraction of sp³-hybridized carbons (Fsp3) is 0.483. The van der Waals surface area contributed by atoms with Gasteiger partial charge in [0.15, 0.2) is 5.13 Å². The summed E-state index contributed by atoms with van der Waals surface area (Å²) < 4.78 is 11.0. The summed E-state index contributed by atoms with van der Waals surface area (Å²) in [5.74, 6) is 0.887. The second-order valence-electron chi connectivity index (χ2n) is 10.1. The van der Waals surface area contributed by atoms with Crippen LogP contribution in [0.1, 0.15) is 21.7 Å². The molecule has 0 amide bonds. The number of rotatable bonds is 9. The molecule has 37 heavy (non-hydrogen) atoms. The summed E-state index contributed by atoms with van der Waals surface area (Å²) >= 11 is 1.83. The first-order chi connectivity index (χ1) is 18.1. The third kappa shape index (κ3) is 6.82. The maximum atomic E-state index is 5.54. The highest BCUT2D eigenvalue weighted by Crippen LogP contribution is 2.31. The maximum Gasteiger partial charge on any atom is 0.186 e. The van der Waals surface area contributed by atoms with Gasteiger partial charge in [-0.15, -0.1) is 11.3 Å². The molecule has 2 saturated heterocycles. The number of hydrogen-bond acceptors (Lipinski definition) is 8. The molecule has 8 heteroatoms. The van der Waals surface area contributed by atoms with Crippen molar-refractivity contribution in [2.24, 2.45) is 0 Å². The Kier molecular flexibility index (Phi) is 8.61. The lowest BCUT2D eigenvalue weighted by Crippen LogP contribution is -2.44. The van der Waals surface area contributed by atoms with Crippen LogP contribution >= 0.6 is 11.3 Å². The third-order valence-corrected chi connectivity index (χ3v) is 8.49. The van der Waals surface area contributed by atoms with Crippen molar-refractivity contribution in [1.82, 2.24) is 14.8 Å². The fourth-order valence-corrected chi connectivity index (χ4v) is 6.08. The molecule has 0 bridgehead atoms. The molecule has 2 aliphatic rings.